The standard InChI is InChI=1S/C17H28N2O/c1-4-6-10-14-19(3)17(20)18-16-13-9-8-12-15(16)11-7-5-2/h8-9,12-13H,4-7,10-11,14H2,1-3H3,(H,18,20). The number of urea groups is 1. The molecule has 20 heavy (non-hydrogen) atoms. The third-order valence-corrected chi connectivity index (χ3v) is 3.50. The second-order valence-electron chi connectivity index (χ2n) is 5.32. The molecule has 0 heterocycles. The number of benzene rings is 1. The molecule has 0 atom stereocenters. The van der Waals surface area contributed by atoms with Gasteiger partial charge in [0.2, 0.25) is 0 Å². The first-order chi connectivity index (χ1) is 9.69. The van der Waals surface area contributed by atoms with Gasteiger partial charge in [-0.3, -0.25) is 0 Å². The summed E-state index contributed by atoms with van der Waals surface area (Å²) in [5, 5.41) is 3.03. The van der Waals surface area contributed by atoms with Gasteiger partial charge in [-0.25, -0.2) is 4.79 Å². The van der Waals surface area contributed by atoms with Crippen LogP contribution < -0.4 is 5.32 Å². The second kappa shape index (κ2) is 9.40. The number of aryl methyl sites for hydroxylation is 1. The Morgan fingerprint density at radius 1 is 1.10 bits per heavy atom. The lowest BCUT2D eigenvalue weighted by atomic mass is 10.1. The quantitative estimate of drug-likeness (QED) is 0.687. The summed E-state index contributed by atoms with van der Waals surface area (Å²) in [6, 6.07) is 8.09. The highest BCUT2D eigenvalue weighted by molar-refractivity contribution is 5.89. The Bertz CT molecular complexity index is 404. The Morgan fingerprint density at radius 2 is 1.80 bits per heavy atom. The van der Waals surface area contributed by atoms with Gasteiger partial charge in [0.25, 0.3) is 0 Å². The second-order valence-corrected chi connectivity index (χ2v) is 5.32. The molecule has 0 fully saturated rings. The Morgan fingerprint density at radius 3 is 2.50 bits per heavy atom. The maximum absolute atomic E-state index is 12.1. The van der Waals surface area contributed by atoms with E-state index in [0.717, 1.165) is 31.5 Å². The number of hydrogen-bond acceptors (Lipinski definition) is 1. The number of rotatable bonds is 8. The zero-order valence-corrected chi connectivity index (χ0v) is 13.1. The molecule has 0 aliphatic rings. The van der Waals surface area contributed by atoms with Gasteiger partial charge in [-0.05, 0) is 30.9 Å². The lowest BCUT2D eigenvalue weighted by Crippen LogP contribution is -2.32. The van der Waals surface area contributed by atoms with Gasteiger partial charge in [0.05, 0.1) is 0 Å². The van der Waals surface area contributed by atoms with Gasteiger partial charge in [0.15, 0.2) is 0 Å². The summed E-state index contributed by atoms with van der Waals surface area (Å²) in [5.74, 6) is 0. The van der Waals surface area contributed by atoms with Crippen molar-refractivity contribution in [2.75, 3.05) is 18.9 Å². The largest absolute Gasteiger partial charge is 0.328 e. The topological polar surface area (TPSA) is 32.3 Å². The normalized spacial score (nSPS) is 10.3. The first kappa shape index (κ1) is 16.5. The fourth-order valence-electron chi connectivity index (χ4n) is 2.14. The lowest BCUT2D eigenvalue weighted by Gasteiger charge is -2.19. The molecule has 112 valence electrons. The number of hydrogen-bond donors (Lipinski definition) is 1. The summed E-state index contributed by atoms with van der Waals surface area (Å²) in [4.78, 5) is 13.9. The van der Waals surface area contributed by atoms with Crippen molar-refractivity contribution in [2.24, 2.45) is 0 Å². The average molecular weight is 276 g/mol. The molecule has 0 bridgehead atoms. The minimum absolute atomic E-state index is 0.00921. The predicted molar refractivity (Wildman–Crippen MR) is 86.2 cm³/mol. The molecule has 1 aromatic carbocycles. The van der Waals surface area contributed by atoms with Crippen molar-refractivity contribution in [1.82, 2.24) is 4.90 Å². The molecule has 3 heteroatoms. The summed E-state index contributed by atoms with van der Waals surface area (Å²) in [6.45, 7) is 5.17. The van der Waals surface area contributed by atoms with Crippen LogP contribution in [-0.4, -0.2) is 24.5 Å². The van der Waals surface area contributed by atoms with Crippen molar-refractivity contribution in [3.05, 3.63) is 29.8 Å². The highest BCUT2D eigenvalue weighted by Crippen LogP contribution is 2.18. The van der Waals surface area contributed by atoms with E-state index in [1.54, 1.807) is 4.90 Å². The number of para-hydroxylation sites is 1. The number of nitrogens with zero attached hydrogens (tertiary/aromatic N) is 1. The minimum Gasteiger partial charge on any atom is -0.328 e. The van der Waals surface area contributed by atoms with E-state index in [-0.39, 0.29) is 6.03 Å². The number of nitrogens with one attached hydrogen (secondary N) is 1. The maximum Gasteiger partial charge on any atom is 0.321 e. The molecule has 0 aliphatic heterocycles. The SMILES string of the molecule is CCCCCN(C)C(=O)Nc1ccccc1CCCC. The Balaban J connectivity index is 2.56. The molecule has 0 spiro atoms. The van der Waals surface area contributed by atoms with Crippen LogP contribution in [0.15, 0.2) is 24.3 Å². The van der Waals surface area contributed by atoms with Crippen LogP contribution in [0.1, 0.15) is 51.5 Å². The van der Waals surface area contributed by atoms with Gasteiger partial charge in [-0.1, -0.05) is 51.3 Å². The summed E-state index contributed by atoms with van der Waals surface area (Å²) >= 11 is 0. The van der Waals surface area contributed by atoms with E-state index in [1.807, 2.05) is 25.2 Å². The smallest absolute Gasteiger partial charge is 0.321 e. The summed E-state index contributed by atoms with van der Waals surface area (Å²) < 4.78 is 0. The highest BCUT2D eigenvalue weighted by Gasteiger charge is 2.10. The first-order valence-electron chi connectivity index (χ1n) is 7.79. The van der Waals surface area contributed by atoms with Crippen molar-refractivity contribution < 1.29 is 4.79 Å². The molecule has 1 aromatic rings. The predicted octanol–water partition coefficient (Wildman–Crippen LogP) is 4.68. The van der Waals surface area contributed by atoms with E-state index in [9.17, 15) is 4.79 Å². The zero-order chi connectivity index (χ0) is 14.8. The number of amides is 2. The molecule has 0 saturated heterocycles. The van der Waals surface area contributed by atoms with Crippen LogP contribution in [0.4, 0.5) is 10.5 Å². The van der Waals surface area contributed by atoms with Crippen molar-refractivity contribution in [2.45, 2.75) is 52.4 Å². The zero-order valence-electron chi connectivity index (χ0n) is 13.1. The molecular weight excluding hydrogens is 248 g/mol. The fourth-order valence-corrected chi connectivity index (χ4v) is 2.14. The van der Waals surface area contributed by atoms with Crippen LogP contribution in [0.2, 0.25) is 0 Å². The molecule has 0 radical (unpaired) electrons. The fraction of sp³-hybridized carbons (Fsp3) is 0.588. The molecule has 1 rings (SSSR count). The van der Waals surface area contributed by atoms with Gasteiger partial charge < -0.3 is 10.2 Å². The molecule has 0 aromatic heterocycles. The van der Waals surface area contributed by atoms with E-state index in [4.69, 9.17) is 0 Å². The van der Waals surface area contributed by atoms with Gasteiger partial charge in [-0.15, -0.1) is 0 Å². The lowest BCUT2D eigenvalue weighted by molar-refractivity contribution is 0.221. The number of carbonyl (C=O) groups is 1. The summed E-state index contributed by atoms with van der Waals surface area (Å²) in [7, 11) is 1.86. The molecule has 0 aliphatic carbocycles. The molecule has 0 saturated carbocycles. The van der Waals surface area contributed by atoms with Gasteiger partial charge in [-0.2, -0.15) is 0 Å². The van der Waals surface area contributed by atoms with E-state index >= 15 is 0 Å². The molecule has 2 amide bonds. The van der Waals surface area contributed by atoms with Crippen molar-refractivity contribution in [3.63, 3.8) is 0 Å². The van der Waals surface area contributed by atoms with Crippen LogP contribution in [0.25, 0.3) is 0 Å². The third-order valence-electron chi connectivity index (χ3n) is 3.50. The van der Waals surface area contributed by atoms with E-state index in [0.29, 0.717) is 0 Å². The first-order valence-corrected chi connectivity index (χ1v) is 7.79. The maximum atomic E-state index is 12.1. The average Bonchev–Trinajstić information content (AvgIpc) is 2.46. The Labute approximate surface area is 123 Å². The van der Waals surface area contributed by atoms with Gasteiger partial charge in [0, 0.05) is 19.3 Å². The Kier molecular flexibility index (Phi) is 7.78. The molecule has 0 unspecified atom stereocenters. The molecule has 1 N–H and O–H groups in total. The van der Waals surface area contributed by atoms with Crippen LogP contribution in [0.5, 0.6) is 0 Å². The minimum atomic E-state index is -0.00921. The molecule has 3 nitrogen and oxygen atoms in total. The summed E-state index contributed by atoms with van der Waals surface area (Å²) in [6.07, 6.45) is 6.75. The third kappa shape index (κ3) is 5.64. The van der Waals surface area contributed by atoms with Crippen molar-refractivity contribution >= 4 is 11.7 Å². The highest BCUT2D eigenvalue weighted by atomic mass is 16.2. The van der Waals surface area contributed by atoms with Gasteiger partial charge >= 0.3 is 6.03 Å². The van der Waals surface area contributed by atoms with Gasteiger partial charge in [0.1, 0.15) is 0 Å². The number of carbonyl (C=O) groups excluding carboxylic acids is 1. The van der Waals surface area contributed by atoms with Crippen LogP contribution >= 0.6 is 0 Å². The summed E-state index contributed by atoms with van der Waals surface area (Å²) in [5.41, 5.74) is 2.18. The van der Waals surface area contributed by atoms with Crippen LogP contribution in [-0.2, 0) is 6.42 Å². The Hall–Kier alpha value is -1.51. The van der Waals surface area contributed by atoms with E-state index < -0.39 is 0 Å². The van der Waals surface area contributed by atoms with Crippen LogP contribution in [0, 0.1) is 0 Å². The monoisotopic (exact) mass is 276 g/mol. The number of unbranched alkanes of at least 4 members (excludes halogenated alkanes) is 3. The number of anilines is 1. The van der Waals surface area contributed by atoms with Crippen LogP contribution in [0.3, 0.4) is 0 Å². The van der Waals surface area contributed by atoms with Crippen molar-refractivity contribution in [3.8, 4) is 0 Å². The van der Waals surface area contributed by atoms with E-state index in [1.165, 1.54) is 24.8 Å². The van der Waals surface area contributed by atoms with Crippen molar-refractivity contribution in [1.29, 1.82) is 0 Å². The molecular formula is C17H28N2O. The van der Waals surface area contributed by atoms with E-state index in [2.05, 4.69) is 25.2 Å².